The number of benzene rings is 7. The van der Waals surface area contributed by atoms with Crippen LogP contribution in [0, 0.1) is 0 Å². The summed E-state index contributed by atoms with van der Waals surface area (Å²) in [5.74, 6) is 3.21. The maximum absolute atomic E-state index is 6.39. The number of rotatable bonds is 6. The fourth-order valence-corrected chi connectivity index (χ4v) is 6.97. The molecular weight excluding hydrogens is 575 g/mol. The van der Waals surface area contributed by atoms with E-state index < -0.39 is 0 Å². The minimum Gasteiger partial charge on any atom is -0.457 e. The molecule has 47 heavy (non-hydrogen) atoms. The number of hydrogen-bond donors (Lipinski definition) is 0. The molecule has 0 saturated heterocycles. The molecule has 4 nitrogen and oxygen atoms in total. The standard InChI is InChI=1S/C42H29BN2O2/c1-5-14-30(15-6-1)44-38-22-13-23-39-42(38)43(36-26-24-34(28-40(36)44)46-32-18-9-3-10-19-32)37-27-25-35(47-33-20-11-4-12-21-33)29-41(37)45(39)31-16-7-2-8-17-31/h1-29H. The van der Waals surface area contributed by atoms with Gasteiger partial charge in [0.2, 0.25) is 0 Å². The molecule has 0 aromatic heterocycles. The van der Waals surface area contributed by atoms with Crippen LogP contribution >= 0.6 is 0 Å². The Morgan fingerprint density at radius 3 is 1.17 bits per heavy atom. The minimum absolute atomic E-state index is 0.00248. The van der Waals surface area contributed by atoms with Crippen LogP contribution in [0.3, 0.4) is 0 Å². The molecule has 2 aliphatic heterocycles. The highest BCUT2D eigenvalue weighted by atomic mass is 16.5. The third kappa shape index (κ3) is 4.72. The van der Waals surface area contributed by atoms with E-state index >= 15 is 0 Å². The fourth-order valence-electron chi connectivity index (χ4n) is 6.97. The first-order valence-corrected chi connectivity index (χ1v) is 15.9. The van der Waals surface area contributed by atoms with Gasteiger partial charge >= 0.3 is 0 Å². The van der Waals surface area contributed by atoms with Crippen LogP contribution in [0.25, 0.3) is 0 Å². The van der Waals surface area contributed by atoms with Crippen molar-refractivity contribution in [2.75, 3.05) is 9.80 Å². The van der Waals surface area contributed by atoms with E-state index in [9.17, 15) is 0 Å². The lowest BCUT2D eigenvalue weighted by atomic mass is 9.33. The van der Waals surface area contributed by atoms with Crippen molar-refractivity contribution in [2.45, 2.75) is 0 Å². The topological polar surface area (TPSA) is 24.9 Å². The second-order valence-electron chi connectivity index (χ2n) is 11.8. The van der Waals surface area contributed by atoms with Gasteiger partial charge in [-0.2, -0.15) is 0 Å². The van der Waals surface area contributed by atoms with Gasteiger partial charge in [-0.15, -0.1) is 0 Å². The summed E-state index contributed by atoms with van der Waals surface area (Å²) >= 11 is 0. The van der Waals surface area contributed by atoms with Crippen molar-refractivity contribution in [3.05, 3.63) is 176 Å². The summed E-state index contributed by atoms with van der Waals surface area (Å²) in [6.45, 7) is 0.00248. The van der Waals surface area contributed by atoms with Crippen LogP contribution in [-0.4, -0.2) is 6.71 Å². The predicted molar refractivity (Wildman–Crippen MR) is 193 cm³/mol. The van der Waals surface area contributed by atoms with Crippen LogP contribution in [0.5, 0.6) is 23.0 Å². The van der Waals surface area contributed by atoms with E-state index in [2.05, 4.69) is 125 Å². The molecule has 0 aliphatic carbocycles. The highest BCUT2D eigenvalue weighted by Crippen LogP contribution is 2.45. The molecule has 0 N–H and O–H groups in total. The number of fused-ring (bicyclic) bond motifs is 4. The van der Waals surface area contributed by atoms with Gasteiger partial charge in [0.25, 0.3) is 6.71 Å². The molecule has 7 aromatic carbocycles. The van der Waals surface area contributed by atoms with Crippen molar-refractivity contribution in [1.82, 2.24) is 0 Å². The van der Waals surface area contributed by atoms with Gasteiger partial charge in [-0.3, -0.25) is 0 Å². The molecule has 5 heteroatoms. The quantitative estimate of drug-likeness (QED) is 0.177. The summed E-state index contributed by atoms with van der Waals surface area (Å²) in [4.78, 5) is 4.76. The lowest BCUT2D eigenvalue weighted by molar-refractivity contribution is 0.483. The lowest BCUT2D eigenvalue weighted by Gasteiger charge is -2.44. The normalized spacial score (nSPS) is 12.6. The Morgan fingerprint density at radius 1 is 0.340 bits per heavy atom. The molecule has 0 saturated carbocycles. The van der Waals surface area contributed by atoms with E-state index in [0.717, 1.165) is 57.1 Å². The number of ether oxygens (including phenoxy) is 2. The largest absolute Gasteiger partial charge is 0.457 e. The van der Waals surface area contributed by atoms with Crippen molar-refractivity contribution in [1.29, 1.82) is 0 Å². The van der Waals surface area contributed by atoms with Gasteiger partial charge in [0.15, 0.2) is 0 Å². The second kappa shape index (κ2) is 11.3. The third-order valence-corrected chi connectivity index (χ3v) is 8.92. The Bertz CT molecular complexity index is 2050. The zero-order valence-corrected chi connectivity index (χ0v) is 25.5. The summed E-state index contributed by atoms with van der Waals surface area (Å²) in [7, 11) is 0. The number of hydrogen-bond acceptors (Lipinski definition) is 4. The van der Waals surface area contributed by atoms with E-state index in [-0.39, 0.29) is 6.71 Å². The van der Waals surface area contributed by atoms with Crippen LogP contribution < -0.4 is 35.7 Å². The molecule has 0 spiro atoms. The SMILES string of the molecule is c1ccc(Oc2ccc3c(c2)N(c2ccccc2)c2cccc4c2B3c2ccc(Oc3ccccc3)cc2N4c2ccccc2)cc1. The minimum atomic E-state index is 0.00248. The van der Waals surface area contributed by atoms with Gasteiger partial charge in [0.05, 0.1) is 0 Å². The molecule has 0 amide bonds. The summed E-state index contributed by atoms with van der Waals surface area (Å²) in [6.07, 6.45) is 0. The second-order valence-corrected chi connectivity index (χ2v) is 11.8. The maximum atomic E-state index is 6.39. The van der Waals surface area contributed by atoms with Crippen LogP contribution in [0.15, 0.2) is 176 Å². The molecule has 0 atom stereocenters. The van der Waals surface area contributed by atoms with E-state index in [1.807, 2.05) is 60.7 Å². The first-order valence-electron chi connectivity index (χ1n) is 15.9. The first kappa shape index (κ1) is 27.1. The smallest absolute Gasteiger partial charge is 0.252 e. The van der Waals surface area contributed by atoms with Crippen molar-refractivity contribution in [3.63, 3.8) is 0 Å². The van der Waals surface area contributed by atoms with E-state index in [1.165, 1.54) is 16.4 Å². The Balaban J connectivity index is 1.27. The van der Waals surface area contributed by atoms with Crippen LogP contribution in [-0.2, 0) is 0 Å². The lowest BCUT2D eigenvalue weighted by Crippen LogP contribution is -2.61. The maximum Gasteiger partial charge on any atom is 0.252 e. The Morgan fingerprint density at radius 2 is 0.745 bits per heavy atom. The monoisotopic (exact) mass is 604 g/mol. The zero-order valence-electron chi connectivity index (χ0n) is 25.5. The van der Waals surface area contributed by atoms with Gasteiger partial charge < -0.3 is 19.3 Å². The predicted octanol–water partition coefficient (Wildman–Crippen LogP) is 9.35. The highest BCUT2D eigenvalue weighted by molar-refractivity contribution is 7.00. The zero-order chi connectivity index (χ0) is 31.2. The van der Waals surface area contributed by atoms with E-state index in [1.54, 1.807) is 0 Å². The molecule has 0 bridgehead atoms. The van der Waals surface area contributed by atoms with E-state index in [0.29, 0.717) is 0 Å². The van der Waals surface area contributed by atoms with Gasteiger partial charge in [-0.25, -0.2) is 0 Å². The molecule has 0 unspecified atom stereocenters. The Labute approximate surface area is 274 Å². The van der Waals surface area contributed by atoms with Crippen molar-refractivity contribution >= 4 is 57.2 Å². The van der Waals surface area contributed by atoms with Crippen molar-refractivity contribution in [2.24, 2.45) is 0 Å². The molecule has 0 radical (unpaired) electrons. The Kier molecular flexibility index (Phi) is 6.53. The van der Waals surface area contributed by atoms with E-state index in [4.69, 9.17) is 9.47 Å². The summed E-state index contributed by atoms with van der Waals surface area (Å²) in [5, 5.41) is 0. The summed E-state index contributed by atoms with van der Waals surface area (Å²) in [6, 6.07) is 60.8. The van der Waals surface area contributed by atoms with Crippen molar-refractivity contribution in [3.8, 4) is 23.0 Å². The van der Waals surface area contributed by atoms with Crippen LogP contribution in [0.2, 0.25) is 0 Å². The third-order valence-electron chi connectivity index (χ3n) is 8.92. The average Bonchev–Trinajstić information content (AvgIpc) is 3.13. The number of para-hydroxylation sites is 4. The van der Waals surface area contributed by atoms with Gasteiger partial charge in [-0.05, 0) is 89.2 Å². The highest BCUT2D eigenvalue weighted by Gasteiger charge is 2.43. The Hall–Kier alpha value is -6.20. The van der Waals surface area contributed by atoms with Crippen LogP contribution in [0.1, 0.15) is 0 Å². The fraction of sp³-hybridized carbons (Fsp3) is 0. The summed E-state index contributed by atoms with van der Waals surface area (Å²) in [5.41, 5.74) is 10.4. The van der Waals surface area contributed by atoms with Crippen LogP contribution in [0.4, 0.5) is 34.1 Å². The molecule has 2 heterocycles. The van der Waals surface area contributed by atoms with Crippen molar-refractivity contribution < 1.29 is 9.47 Å². The molecule has 9 rings (SSSR count). The van der Waals surface area contributed by atoms with Gasteiger partial charge in [0.1, 0.15) is 23.0 Å². The molecular formula is C42H29BN2O2. The van der Waals surface area contributed by atoms with Gasteiger partial charge in [-0.1, -0.05) is 91.0 Å². The number of nitrogens with zero attached hydrogens (tertiary/aromatic N) is 2. The molecule has 222 valence electrons. The molecule has 7 aromatic rings. The molecule has 0 fully saturated rings. The first-order chi connectivity index (χ1) is 23.3. The summed E-state index contributed by atoms with van der Waals surface area (Å²) < 4.78 is 12.8. The number of anilines is 6. The van der Waals surface area contributed by atoms with Gasteiger partial charge in [0, 0.05) is 46.3 Å². The average molecular weight is 605 g/mol. The molecule has 2 aliphatic rings.